The maximum Gasteiger partial charge on any atom is 0.434 e. The normalized spacial score (nSPS) is 19.7. The zero-order chi connectivity index (χ0) is 19.1. The number of aromatic nitrogens is 2. The third-order valence-corrected chi connectivity index (χ3v) is 4.18. The van der Waals surface area contributed by atoms with Gasteiger partial charge in [0.2, 0.25) is 0 Å². The van der Waals surface area contributed by atoms with E-state index in [1.165, 1.54) is 0 Å². The summed E-state index contributed by atoms with van der Waals surface area (Å²) in [5.41, 5.74) is -2.01. The van der Waals surface area contributed by atoms with E-state index in [4.69, 9.17) is 5.11 Å². The van der Waals surface area contributed by atoms with Gasteiger partial charge >= 0.3 is 12.1 Å². The molecule has 3 rings (SSSR count). The average Bonchev–Trinajstić information content (AvgIpc) is 2.95. The first-order valence-electron chi connectivity index (χ1n) is 7.61. The smallest absolute Gasteiger partial charge is 0.434 e. The highest BCUT2D eigenvalue weighted by Gasteiger charge is 2.42. The summed E-state index contributed by atoms with van der Waals surface area (Å²) in [6.07, 6.45) is -3.77. The van der Waals surface area contributed by atoms with E-state index in [9.17, 15) is 27.2 Å². The molecule has 0 unspecified atom stereocenters. The molecule has 1 aliphatic rings. The van der Waals surface area contributed by atoms with E-state index in [1.807, 2.05) is 0 Å². The van der Waals surface area contributed by atoms with E-state index in [-0.39, 0.29) is 18.5 Å². The number of carboxylic acid groups (broad SMARTS) is 1. The van der Waals surface area contributed by atoms with Crippen molar-refractivity contribution in [3.8, 4) is 5.69 Å². The Kier molecular flexibility index (Phi) is 4.43. The van der Waals surface area contributed by atoms with Gasteiger partial charge in [-0.1, -0.05) is 0 Å². The zero-order valence-corrected chi connectivity index (χ0v) is 13.1. The Morgan fingerprint density at radius 3 is 2.35 bits per heavy atom. The number of carbonyl (C=O) groups excluding carboxylic acids is 1. The van der Waals surface area contributed by atoms with Crippen molar-refractivity contribution in [1.29, 1.82) is 0 Å². The summed E-state index contributed by atoms with van der Waals surface area (Å²) < 4.78 is 53.9. The predicted molar refractivity (Wildman–Crippen MR) is 80.1 cm³/mol. The number of alkyl halides is 3. The Labute approximate surface area is 144 Å². The van der Waals surface area contributed by atoms with Gasteiger partial charge in [0.15, 0.2) is 5.69 Å². The Hall–Kier alpha value is -2.91. The molecule has 1 aliphatic carbocycles. The molecule has 0 saturated heterocycles. The lowest BCUT2D eigenvalue weighted by atomic mass is 9.80. The summed E-state index contributed by atoms with van der Waals surface area (Å²) in [5.74, 6) is -3.22. The molecule has 0 atom stereocenters. The van der Waals surface area contributed by atoms with Crippen molar-refractivity contribution >= 4 is 11.9 Å². The maximum atomic E-state index is 13.5. The molecule has 1 aromatic carbocycles. The molecule has 2 N–H and O–H groups in total. The highest BCUT2D eigenvalue weighted by atomic mass is 19.4. The van der Waals surface area contributed by atoms with Gasteiger partial charge in [0.25, 0.3) is 5.91 Å². The Balaban J connectivity index is 1.87. The number of benzene rings is 1. The van der Waals surface area contributed by atoms with Gasteiger partial charge in [-0.2, -0.15) is 18.3 Å². The lowest BCUT2D eigenvalue weighted by Gasteiger charge is -2.32. The monoisotopic (exact) mass is 371 g/mol. The minimum Gasteiger partial charge on any atom is -0.481 e. The summed E-state index contributed by atoms with van der Waals surface area (Å²) in [4.78, 5) is 23.0. The second kappa shape index (κ2) is 6.43. The first-order chi connectivity index (χ1) is 12.2. The molecule has 2 aromatic rings. The van der Waals surface area contributed by atoms with Crippen LogP contribution >= 0.6 is 0 Å². The Morgan fingerprint density at radius 1 is 1.19 bits per heavy atom. The number of aliphatic carboxylic acids is 1. The van der Waals surface area contributed by atoms with Crippen LogP contribution in [-0.4, -0.2) is 32.8 Å². The summed E-state index contributed by atoms with van der Waals surface area (Å²) in [5, 5.41) is 14.8. The van der Waals surface area contributed by atoms with Crippen molar-refractivity contribution in [2.45, 2.75) is 25.1 Å². The molecule has 1 aromatic heterocycles. The third-order valence-electron chi connectivity index (χ3n) is 4.18. The van der Waals surface area contributed by atoms with E-state index in [0.717, 1.165) is 30.5 Å². The number of nitrogens with one attached hydrogen (secondary N) is 1. The lowest BCUT2D eigenvalue weighted by Crippen LogP contribution is -2.47. The standard InChI is InChI=1S/C16H13F4N3O3/c17-9-1-3-11(4-2-9)23-13(16(18,19)20)12(7-21-23)14(24)22-10-5-8(6-10)15(25)26/h1-4,7-8,10H,5-6H2,(H,22,24)(H,25,26). The van der Waals surface area contributed by atoms with Crippen LogP contribution in [0.1, 0.15) is 28.9 Å². The molecule has 1 heterocycles. The molecule has 0 spiro atoms. The number of carboxylic acids is 1. The molecule has 1 saturated carbocycles. The Morgan fingerprint density at radius 2 is 1.81 bits per heavy atom. The van der Waals surface area contributed by atoms with Crippen molar-refractivity contribution in [2.24, 2.45) is 5.92 Å². The van der Waals surface area contributed by atoms with Crippen molar-refractivity contribution in [2.75, 3.05) is 0 Å². The van der Waals surface area contributed by atoms with Gasteiger partial charge in [-0.15, -0.1) is 0 Å². The quantitative estimate of drug-likeness (QED) is 0.810. The summed E-state index contributed by atoms with van der Waals surface area (Å²) in [7, 11) is 0. The van der Waals surface area contributed by atoms with Crippen LogP contribution in [0.3, 0.4) is 0 Å². The predicted octanol–water partition coefficient (Wildman–Crippen LogP) is 2.62. The molecule has 0 aliphatic heterocycles. The minimum absolute atomic E-state index is 0.0487. The third kappa shape index (κ3) is 3.39. The van der Waals surface area contributed by atoms with Crippen LogP contribution in [0.25, 0.3) is 5.69 Å². The van der Waals surface area contributed by atoms with Gasteiger partial charge in [0.1, 0.15) is 5.82 Å². The van der Waals surface area contributed by atoms with E-state index < -0.39 is 47.1 Å². The molecule has 138 valence electrons. The van der Waals surface area contributed by atoms with Gasteiger partial charge in [0, 0.05) is 6.04 Å². The largest absolute Gasteiger partial charge is 0.481 e. The minimum atomic E-state index is -4.87. The van der Waals surface area contributed by atoms with Crippen molar-refractivity contribution in [1.82, 2.24) is 15.1 Å². The first kappa shape index (κ1) is 17.9. The fourth-order valence-electron chi connectivity index (χ4n) is 2.77. The molecule has 1 amide bonds. The molecule has 10 heteroatoms. The number of carbonyl (C=O) groups is 2. The van der Waals surface area contributed by atoms with Crippen molar-refractivity contribution in [3.05, 3.63) is 47.5 Å². The van der Waals surface area contributed by atoms with Crippen LogP contribution < -0.4 is 5.32 Å². The highest BCUT2D eigenvalue weighted by Crippen LogP contribution is 2.34. The number of hydrogen-bond acceptors (Lipinski definition) is 3. The van der Waals surface area contributed by atoms with E-state index in [1.54, 1.807) is 0 Å². The number of amides is 1. The van der Waals surface area contributed by atoms with Crippen LogP contribution in [0.4, 0.5) is 17.6 Å². The number of halogens is 4. The van der Waals surface area contributed by atoms with Crippen LogP contribution in [-0.2, 0) is 11.0 Å². The lowest BCUT2D eigenvalue weighted by molar-refractivity contribution is -0.145. The van der Waals surface area contributed by atoms with Gasteiger partial charge in [-0.3, -0.25) is 9.59 Å². The topological polar surface area (TPSA) is 84.2 Å². The molecule has 26 heavy (non-hydrogen) atoms. The van der Waals surface area contributed by atoms with Gasteiger partial charge in [-0.05, 0) is 37.1 Å². The SMILES string of the molecule is O=C(NC1CC(C(=O)O)C1)c1cnn(-c2ccc(F)cc2)c1C(F)(F)F. The summed E-state index contributed by atoms with van der Waals surface area (Å²) >= 11 is 0. The molecule has 1 fully saturated rings. The fraction of sp³-hybridized carbons (Fsp3) is 0.312. The second-order valence-corrected chi connectivity index (χ2v) is 5.97. The Bertz CT molecular complexity index is 839. The molecular formula is C16H13F4N3O3. The molecule has 6 nitrogen and oxygen atoms in total. The van der Waals surface area contributed by atoms with Crippen LogP contribution in [0.15, 0.2) is 30.5 Å². The maximum absolute atomic E-state index is 13.5. The molecular weight excluding hydrogens is 358 g/mol. The van der Waals surface area contributed by atoms with Crippen molar-refractivity contribution < 1.29 is 32.3 Å². The molecule has 0 bridgehead atoms. The number of nitrogens with zero attached hydrogens (tertiary/aromatic N) is 2. The van der Waals surface area contributed by atoms with Gasteiger partial charge in [0.05, 0.1) is 23.4 Å². The fourth-order valence-corrected chi connectivity index (χ4v) is 2.77. The average molecular weight is 371 g/mol. The first-order valence-corrected chi connectivity index (χ1v) is 7.61. The van der Waals surface area contributed by atoms with Crippen LogP contribution in [0.2, 0.25) is 0 Å². The van der Waals surface area contributed by atoms with Gasteiger partial charge in [-0.25, -0.2) is 9.07 Å². The van der Waals surface area contributed by atoms with Crippen LogP contribution in [0, 0.1) is 11.7 Å². The van der Waals surface area contributed by atoms with Gasteiger partial charge < -0.3 is 10.4 Å². The number of hydrogen-bond donors (Lipinski definition) is 2. The number of rotatable bonds is 4. The summed E-state index contributed by atoms with van der Waals surface area (Å²) in [6, 6.07) is 3.69. The second-order valence-electron chi connectivity index (χ2n) is 5.97. The van der Waals surface area contributed by atoms with E-state index in [0.29, 0.717) is 4.68 Å². The van der Waals surface area contributed by atoms with E-state index >= 15 is 0 Å². The molecule has 0 radical (unpaired) electrons. The van der Waals surface area contributed by atoms with Crippen molar-refractivity contribution in [3.63, 3.8) is 0 Å². The van der Waals surface area contributed by atoms with Crippen LogP contribution in [0.5, 0.6) is 0 Å². The highest BCUT2D eigenvalue weighted by molar-refractivity contribution is 5.95. The zero-order valence-electron chi connectivity index (χ0n) is 13.1. The van der Waals surface area contributed by atoms with E-state index in [2.05, 4.69) is 10.4 Å². The summed E-state index contributed by atoms with van der Waals surface area (Å²) in [6.45, 7) is 0.